The molecule has 1 aliphatic rings. The first-order chi connectivity index (χ1) is 12.2. The Morgan fingerprint density at radius 3 is 2.80 bits per heavy atom. The lowest BCUT2D eigenvalue weighted by molar-refractivity contribution is -0.125. The third-order valence-electron chi connectivity index (χ3n) is 4.33. The van der Waals surface area contributed by atoms with E-state index in [0.717, 1.165) is 22.6 Å². The van der Waals surface area contributed by atoms with Crippen LogP contribution in [-0.4, -0.2) is 49.7 Å². The van der Waals surface area contributed by atoms with Crippen molar-refractivity contribution in [2.45, 2.75) is 12.5 Å². The lowest BCUT2D eigenvalue weighted by Gasteiger charge is -2.12. The van der Waals surface area contributed by atoms with Crippen LogP contribution >= 0.6 is 0 Å². The third kappa shape index (κ3) is 3.04. The van der Waals surface area contributed by atoms with Gasteiger partial charge in [-0.25, -0.2) is 9.50 Å². The third-order valence-corrected chi connectivity index (χ3v) is 4.33. The molecular formula is C19H18N4O2. The van der Waals surface area contributed by atoms with Crippen LogP contribution in [0.2, 0.25) is 0 Å². The van der Waals surface area contributed by atoms with E-state index in [0.29, 0.717) is 19.5 Å². The summed E-state index contributed by atoms with van der Waals surface area (Å²) in [6.45, 7) is 0.974. The highest BCUT2D eigenvalue weighted by atomic mass is 16.3. The quantitative estimate of drug-likeness (QED) is 0.744. The molecule has 1 atom stereocenters. The molecule has 2 aromatic heterocycles. The van der Waals surface area contributed by atoms with Crippen molar-refractivity contribution in [2.24, 2.45) is 0 Å². The average molecular weight is 334 g/mol. The molecule has 3 aromatic rings. The van der Waals surface area contributed by atoms with Gasteiger partial charge in [-0.05, 0) is 24.6 Å². The molecule has 6 heteroatoms. The monoisotopic (exact) mass is 334 g/mol. The van der Waals surface area contributed by atoms with Crippen LogP contribution in [0.15, 0.2) is 54.7 Å². The number of hydrogen-bond acceptors (Lipinski definition) is 4. The summed E-state index contributed by atoms with van der Waals surface area (Å²) in [5.74, 6) is -0.110. The molecule has 0 bridgehead atoms. The van der Waals surface area contributed by atoms with Gasteiger partial charge in [0.05, 0.1) is 17.5 Å². The summed E-state index contributed by atoms with van der Waals surface area (Å²) in [5.41, 5.74) is 3.24. The largest absolute Gasteiger partial charge is 0.391 e. The summed E-state index contributed by atoms with van der Waals surface area (Å²) in [6.07, 6.45) is 5.19. The smallest absolute Gasteiger partial charge is 0.246 e. The molecule has 3 heterocycles. The van der Waals surface area contributed by atoms with E-state index in [1.807, 2.05) is 42.5 Å². The fraction of sp³-hybridized carbons (Fsp3) is 0.211. The van der Waals surface area contributed by atoms with E-state index in [1.165, 1.54) is 6.08 Å². The number of hydrogen-bond donors (Lipinski definition) is 1. The Hall–Kier alpha value is -2.99. The van der Waals surface area contributed by atoms with E-state index in [4.69, 9.17) is 0 Å². The van der Waals surface area contributed by atoms with Crippen molar-refractivity contribution in [2.75, 3.05) is 13.1 Å². The number of rotatable bonds is 3. The summed E-state index contributed by atoms with van der Waals surface area (Å²) in [4.78, 5) is 18.7. The molecular weight excluding hydrogens is 316 g/mol. The van der Waals surface area contributed by atoms with Gasteiger partial charge in [0.25, 0.3) is 0 Å². The number of aromatic nitrogens is 3. The Morgan fingerprint density at radius 1 is 1.20 bits per heavy atom. The molecule has 1 N–H and O–H groups in total. The van der Waals surface area contributed by atoms with Gasteiger partial charge in [-0.3, -0.25) is 4.79 Å². The maximum Gasteiger partial charge on any atom is 0.246 e. The number of imidazole rings is 1. The minimum absolute atomic E-state index is 0.110. The van der Waals surface area contributed by atoms with Crippen LogP contribution in [0.4, 0.5) is 0 Å². The maximum absolute atomic E-state index is 12.3. The lowest BCUT2D eigenvalue weighted by Crippen LogP contribution is -2.27. The van der Waals surface area contributed by atoms with E-state index >= 15 is 0 Å². The van der Waals surface area contributed by atoms with Crippen LogP contribution in [0.1, 0.15) is 12.1 Å². The number of β-amino-alcohol motifs (C(OH)–C–C–N with tert-alkyl or cyclic N) is 1. The van der Waals surface area contributed by atoms with Gasteiger partial charge in [-0.2, -0.15) is 5.10 Å². The second-order valence-electron chi connectivity index (χ2n) is 6.07. The number of likely N-dealkylation sites (tertiary alicyclic amines) is 1. The van der Waals surface area contributed by atoms with Crippen molar-refractivity contribution in [1.82, 2.24) is 19.5 Å². The summed E-state index contributed by atoms with van der Waals surface area (Å²) in [6, 6.07) is 13.6. The number of benzene rings is 1. The van der Waals surface area contributed by atoms with Crippen LogP contribution in [0.25, 0.3) is 23.0 Å². The zero-order valence-electron chi connectivity index (χ0n) is 13.6. The summed E-state index contributed by atoms with van der Waals surface area (Å²) >= 11 is 0. The zero-order chi connectivity index (χ0) is 17.2. The Kier molecular flexibility index (Phi) is 4.03. The van der Waals surface area contributed by atoms with E-state index in [-0.39, 0.29) is 5.91 Å². The number of nitrogens with zero attached hydrogens (tertiary/aromatic N) is 4. The number of carbonyl (C=O) groups is 1. The van der Waals surface area contributed by atoms with Crippen LogP contribution in [-0.2, 0) is 4.79 Å². The summed E-state index contributed by atoms with van der Waals surface area (Å²) in [5, 5.41) is 13.9. The molecule has 126 valence electrons. The van der Waals surface area contributed by atoms with Gasteiger partial charge in [0, 0.05) is 30.9 Å². The molecule has 1 aliphatic heterocycles. The number of aliphatic hydroxyl groups is 1. The first-order valence-corrected chi connectivity index (χ1v) is 8.26. The van der Waals surface area contributed by atoms with Crippen molar-refractivity contribution in [3.8, 4) is 11.3 Å². The van der Waals surface area contributed by atoms with Crippen molar-refractivity contribution in [3.05, 3.63) is 60.4 Å². The van der Waals surface area contributed by atoms with Crippen molar-refractivity contribution >= 4 is 17.6 Å². The van der Waals surface area contributed by atoms with Gasteiger partial charge >= 0.3 is 0 Å². The van der Waals surface area contributed by atoms with Crippen molar-refractivity contribution < 1.29 is 9.90 Å². The van der Waals surface area contributed by atoms with Crippen LogP contribution in [0.5, 0.6) is 0 Å². The number of carbonyl (C=O) groups excluding carboxylic acids is 1. The Balaban J connectivity index is 1.73. The van der Waals surface area contributed by atoms with Crippen LogP contribution in [0, 0.1) is 0 Å². The maximum atomic E-state index is 12.3. The molecule has 1 amide bonds. The topological polar surface area (TPSA) is 70.7 Å². The minimum Gasteiger partial charge on any atom is -0.391 e. The highest BCUT2D eigenvalue weighted by Gasteiger charge is 2.23. The van der Waals surface area contributed by atoms with Crippen molar-refractivity contribution in [3.63, 3.8) is 0 Å². The van der Waals surface area contributed by atoms with Gasteiger partial charge in [0.1, 0.15) is 0 Å². The van der Waals surface area contributed by atoms with E-state index in [1.54, 1.807) is 21.7 Å². The Labute approximate surface area is 145 Å². The molecule has 0 spiro atoms. The van der Waals surface area contributed by atoms with Gasteiger partial charge in [-0.1, -0.05) is 30.3 Å². The molecule has 4 rings (SSSR count). The predicted octanol–water partition coefficient (Wildman–Crippen LogP) is 2.00. The summed E-state index contributed by atoms with van der Waals surface area (Å²) < 4.78 is 1.73. The molecule has 0 radical (unpaired) electrons. The first-order valence-electron chi connectivity index (χ1n) is 8.26. The van der Waals surface area contributed by atoms with Gasteiger partial charge in [0.15, 0.2) is 5.65 Å². The molecule has 1 aromatic carbocycles. The molecule has 1 saturated heterocycles. The number of amides is 1. The molecule has 0 aliphatic carbocycles. The highest BCUT2D eigenvalue weighted by Crippen LogP contribution is 2.25. The predicted molar refractivity (Wildman–Crippen MR) is 94.7 cm³/mol. The first kappa shape index (κ1) is 15.5. The second kappa shape index (κ2) is 6.49. The highest BCUT2D eigenvalue weighted by molar-refractivity contribution is 5.93. The van der Waals surface area contributed by atoms with Crippen LogP contribution < -0.4 is 0 Å². The fourth-order valence-corrected chi connectivity index (χ4v) is 3.06. The average Bonchev–Trinajstić information content (AvgIpc) is 3.24. The normalized spacial score (nSPS) is 17.6. The van der Waals surface area contributed by atoms with E-state index in [9.17, 15) is 9.90 Å². The number of aliphatic hydroxyl groups excluding tert-OH is 1. The molecule has 25 heavy (non-hydrogen) atoms. The van der Waals surface area contributed by atoms with Gasteiger partial charge in [-0.15, -0.1) is 0 Å². The van der Waals surface area contributed by atoms with E-state index in [2.05, 4.69) is 10.1 Å². The van der Waals surface area contributed by atoms with Crippen molar-refractivity contribution in [1.29, 1.82) is 0 Å². The molecule has 1 unspecified atom stereocenters. The van der Waals surface area contributed by atoms with Gasteiger partial charge < -0.3 is 10.0 Å². The lowest BCUT2D eigenvalue weighted by atomic mass is 10.1. The van der Waals surface area contributed by atoms with Gasteiger partial charge in [0.2, 0.25) is 5.91 Å². The van der Waals surface area contributed by atoms with Crippen LogP contribution in [0.3, 0.4) is 0 Å². The second-order valence-corrected chi connectivity index (χ2v) is 6.07. The SMILES string of the molecule is O=C(/C=C/c1c(-c2ccccc2)nc2cccnn12)N1CCC(O)C1. The summed E-state index contributed by atoms with van der Waals surface area (Å²) in [7, 11) is 0. The molecule has 6 nitrogen and oxygen atoms in total. The Bertz CT molecular complexity index is 933. The molecule has 0 saturated carbocycles. The Morgan fingerprint density at radius 2 is 2.04 bits per heavy atom. The molecule has 1 fully saturated rings. The number of fused-ring (bicyclic) bond motifs is 1. The fourth-order valence-electron chi connectivity index (χ4n) is 3.06. The van der Waals surface area contributed by atoms with E-state index < -0.39 is 6.10 Å². The zero-order valence-corrected chi connectivity index (χ0v) is 13.6. The standard InChI is InChI=1S/C19H18N4O2/c24-15-10-12-22(13-15)18(25)9-8-16-19(14-5-2-1-3-6-14)21-17-7-4-11-20-23(16)17/h1-9,11,15,24H,10,12-13H2/b9-8+. The minimum atomic E-state index is -0.422.